The van der Waals surface area contributed by atoms with E-state index in [1.54, 1.807) is 6.92 Å². The van der Waals surface area contributed by atoms with Crippen LogP contribution in [0.3, 0.4) is 0 Å². The average molecular weight is 337 g/mol. The molecule has 0 saturated carbocycles. The number of carbonyl (C=O) groups excluding carboxylic acids is 3. The van der Waals surface area contributed by atoms with Gasteiger partial charge in [0.25, 0.3) is 0 Å². The van der Waals surface area contributed by atoms with Gasteiger partial charge in [0.2, 0.25) is 0 Å². The summed E-state index contributed by atoms with van der Waals surface area (Å²) < 4.78 is 14.3. The van der Waals surface area contributed by atoms with Gasteiger partial charge in [0.15, 0.2) is 0 Å². The van der Waals surface area contributed by atoms with Gasteiger partial charge in [-0.3, -0.25) is 9.69 Å². The average Bonchev–Trinajstić information content (AvgIpc) is 2.63. The molecular weight excluding hydrogens is 314 g/mol. The Morgan fingerprint density at radius 3 is 2.12 bits per heavy atom. The van der Waals surface area contributed by atoms with Crippen molar-refractivity contribution in [2.75, 3.05) is 21.3 Å². The second kappa shape index (κ2) is 8.90. The Balaban J connectivity index is 3.16. The highest BCUT2D eigenvalue weighted by molar-refractivity contribution is 5.86. The van der Waals surface area contributed by atoms with Crippen molar-refractivity contribution in [3.63, 3.8) is 0 Å². The molecule has 1 rings (SSSR count). The number of nitrogens with zero attached hydrogens (tertiary/aromatic N) is 1. The molecule has 1 amide bonds. The maximum atomic E-state index is 12.4. The fraction of sp³-hybridized carbons (Fsp3) is 0.471. The summed E-state index contributed by atoms with van der Waals surface area (Å²) in [7, 11) is 3.73. The predicted octanol–water partition coefficient (Wildman–Crippen LogP) is 2.14. The van der Waals surface area contributed by atoms with Crippen molar-refractivity contribution in [3.05, 3.63) is 35.9 Å². The summed E-state index contributed by atoms with van der Waals surface area (Å²) in [6, 6.07) is 9.16. The van der Waals surface area contributed by atoms with Crippen molar-refractivity contribution < 1.29 is 28.6 Å². The second-order valence-corrected chi connectivity index (χ2v) is 5.38. The Morgan fingerprint density at radius 1 is 1.00 bits per heavy atom. The first kappa shape index (κ1) is 19.5. The van der Waals surface area contributed by atoms with Gasteiger partial charge in [0.05, 0.1) is 27.9 Å². The van der Waals surface area contributed by atoms with Crippen LogP contribution in [0.5, 0.6) is 0 Å². The molecule has 7 heteroatoms. The first-order valence-electron chi connectivity index (χ1n) is 7.43. The van der Waals surface area contributed by atoms with Gasteiger partial charge in [-0.25, -0.2) is 9.59 Å². The second-order valence-electron chi connectivity index (χ2n) is 5.38. The molecule has 0 spiro atoms. The first-order valence-corrected chi connectivity index (χ1v) is 7.43. The molecule has 0 radical (unpaired) electrons. The number of carbonyl (C=O) groups is 3. The Morgan fingerprint density at radius 2 is 1.62 bits per heavy atom. The zero-order valence-corrected chi connectivity index (χ0v) is 14.4. The van der Waals surface area contributed by atoms with Crippen LogP contribution in [0.4, 0.5) is 4.79 Å². The third-order valence-electron chi connectivity index (χ3n) is 3.84. The minimum atomic E-state index is -1.37. The van der Waals surface area contributed by atoms with Crippen LogP contribution in [0, 0.1) is 0 Å². The Kier molecular flexibility index (Phi) is 7.23. The van der Waals surface area contributed by atoms with Crippen molar-refractivity contribution >= 4 is 18.0 Å². The molecule has 0 N–H and O–H groups in total. The van der Waals surface area contributed by atoms with Crippen LogP contribution in [0.1, 0.15) is 25.3 Å². The highest BCUT2D eigenvalue weighted by Crippen LogP contribution is 2.26. The number of benzene rings is 1. The molecule has 1 aromatic carbocycles. The molecule has 0 unspecified atom stereocenters. The number of esters is 2. The van der Waals surface area contributed by atoms with E-state index < -0.39 is 23.6 Å². The molecular formula is C17H23NO6. The van der Waals surface area contributed by atoms with E-state index in [0.29, 0.717) is 0 Å². The fourth-order valence-electron chi connectivity index (χ4n) is 2.33. The van der Waals surface area contributed by atoms with Crippen molar-refractivity contribution in [1.82, 2.24) is 4.90 Å². The lowest BCUT2D eigenvalue weighted by molar-refractivity contribution is -0.155. The molecule has 24 heavy (non-hydrogen) atoms. The number of ether oxygens (including phenoxy) is 3. The number of methoxy groups -OCH3 is 3. The Bertz CT molecular complexity index is 574. The Labute approximate surface area is 141 Å². The van der Waals surface area contributed by atoms with Gasteiger partial charge < -0.3 is 14.2 Å². The van der Waals surface area contributed by atoms with Crippen molar-refractivity contribution in [2.24, 2.45) is 0 Å². The number of rotatable bonds is 7. The lowest BCUT2D eigenvalue weighted by atomic mass is 9.93. The molecule has 0 aliphatic carbocycles. The monoisotopic (exact) mass is 337 g/mol. The number of hydrogen-bond acceptors (Lipinski definition) is 6. The zero-order chi connectivity index (χ0) is 18.2. The molecule has 1 atom stereocenters. The third kappa shape index (κ3) is 4.71. The number of amides is 1. The highest BCUT2D eigenvalue weighted by Gasteiger charge is 2.44. The van der Waals surface area contributed by atoms with Crippen LogP contribution in [-0.4, -0.2) is 49.8 Å². The van der Waals surface area contributed by atoms with Gasteiger partial charge >= 0.3 is 18.0 Å². The maximum absolute atomic E-state index is 12.4. The summed E-state index contributed by atoms with van der Waals surface area (Å²) >= 11 is 0. The van der Waals surface area contributed by atoms with E-state index >= 15 is 0 Å². The summed E-state index contributed by atoms with van der Waals surface area (Å²) in [6.07, 6.45) is -0.671. The molecule has 0 aromatic heterocycles. The molecule has 0 heterocycles. The van der Waals surface area contributed by atoms with E-state index in [-0.39, 0.29) is 19.4 Å². The lowest BCUT2D eigenvalue weighted by Crippen LogP contribution is -2.55. The summed E-state index contributed by atoms with van der Waals surface area (Å²) in [4.78, 5) is 37.4. The minimum absolute atomic E-state index is 0.0373. The van der Waals surface area contributed by atoms with Gasteiger partial charge in [0.1, 0.15) is 5.54 Å². The van der Waals surface area contributed by atoms with E-state index in [2.05, 4.69) is 4.74 Å². The molecule has 0 aliphatic heterocycles. The van der Waals surface area contributed by atoms with Crippen molar-refractivity contribution in [3.8, 4) is 0 Å². The van der Waals surface area contributed by atoms with Gasteiger partial charge in [-0.15, -0.1) is 0 Å². The Hall–Kier alpha value is -2.57. The predicted molar refractivity (Wildman–Crippen MR) is 86.1 cm³/mol. The summed E-state index contributed by atoms with van der Waals surface area (Å²) in [5.41, 5.74) is -0.553. The lowest BCUT2D eigenvalue weighted by Gasteiger charge is -2.37. The molecule has 0 fully saturated rings. The molecule has 0 aliphatic rings. The van der Waals surface area contributed by atoms with Crippen LogP contribution >= 0.6 is 0 Å². The molecule has 1 aromatic rings. The summed E-state index contributed by atoms with van der Waals surface area (Å²) in [5, 5.41) is 0. The quantitative estimate of drug-likeness (QED) is 0.560. The van der Waals surface area contributed by atoms with Crippen LogP contribution in [0.2, 0.25) is 0 Å². The van der Waals surface area contributed by atoms with Gasteiger partial charge in [-0.05, 0) is 18.9 Å². The fourth-order valence-corrected chi connectivity index (χ4v) is 2.33. The van der Waals surface area contributed by atoms with E-state index in [4.69, 9.17) is 9.47 Å². The SMILES string of the molecule is COC(=O)CC[C@@](C)(C(=O)OC)N(Cc1ccccc1)C(=O)OC. The minimum Gasteiger partial charge on any atom is -0.469 e. The van der Waals surface area contributed by atoms with Gasteiger partial charge in [0, 0.05) is 6.42 Å². The van der Waals surface area contributed by atoms with E-state index in [1.807, 2.05) is 30.3 Å². The van der Waals surface area contributed by atoms with Gasteiger partial charge in [-0.1, -0.05) is 30.3 Å². The molecule has 0 saturated heterocycles. The normalized spacial score (nSPS) is 12.7. The molecule has 7 nitrogen and oxygen atoms in total. The van der Waals surface area contributed by atoms with Crippen LogP contribution in [0.25, 0.3) is 0 Å². The topological polar surface area (TPSA) is 82.1 Å². The zero-order valence-electron chi connectivity index (χ0n) is 14.4. The van der Waals surface area contributed by atoms with Crippen LogP contribution < -0.4 is 0 Å². The smallest absolute Gasteiger partial charge is 0.410 e. The van der Waals surface area contributed by atoms with E-state index in [1.165, 1.54) is 26.2 Å². The standard InChI is InChI=1S/C17H23NO6/c1-17(15(20)23-3,11-10-14(19)22-2)18(16(21)24-4)12-13-8-6-5-7-9-13/h5-9H,10-12H2,1-4H3/t17-/m0/s1. The van der Waals surface area contributed by atoms with E-state index in [0.717, 1.165) is 5.56 Å². The molecule has 0 bridgehead atoms. The first-order chi connectivity index (χ1) is 11.4. The summed E-state index contributed by atoms with van der Waals surface area (Å²) in [6.45, 7) is 1.68. The maximum Gasteiger partial charge on any atom is 0.410 e. The van der Waals surface area contributed by atoms with Crippen LogP contribution in [0.15, 0.2) is 30.3 Å². The largest absolute Gasteiger partial charge is 0.469 e. The number of hydrogen-bond donors (Lipinski definition) is 0. The summed E-state index contributed by atoms with van der Waals surface area (Å²) in [5.74, 6) is -1.11. The molecule has 132 valence electrons. The van der Waals surface area contributed by atoms with Crippen molar-refractivity contribution in [1.29, 1.82) is 0 Å². The van der Waals surface area contributed by atoms with Crippen LogP contribution in [-0.2, 0) is 30.3 Å². The van der Waals surface area contributed by atoms with E-state index in [9.17, 15) is 14.4 Å². The third-order valence-corrected chi connectivity index (χ3v) is 3.84. The van der Waals surface area contributed by atoms with Crippen molar-refractivity contribution in [2.45, 2.75) is 31.8 Å². The van der Waals surface area contributed by atoms with Gasteiger partial charge in [-0.2, -0.15) is 0 Å². The highest BCUT2D eigenvalue weighted by atomic mass is 16.5.